The molecule has 1 rings (SSSR count). The summed E-state index contributed by atoms with van der Waals surface area (Å²) in [5.41, 5.74) is 10.8. The first-order valence-corrected chi connectivity index (χ1v) is 6.07. The second-order valence-corrected chi connectivity index (χ2v) is 2.74. The third-order valence-electron chi connectivity index (χ3n) is 2.03. The predicted molar refractivity (Wildman–Crippen MR) is 73.6 cm³/mol. The number of hydrogen-bond acceptors (Lipinski definition) is 1. The average Bonchev–Trinajstić information content (AvgIpc) is 2.77. The van der Waals surface area contributed by atoms with E-state index >= 15 is 0 Å². The largest absolute Gasteiger partial charge is 0.294 e. The Labute approximate surface area is 101 Å². The Morgan fingerprint density at radius 3 is 1.94 bits per heavy atom. The van der Waals surface area contributed by atoms with E-state index in [0.717, 1.165) is 30.8 Å². The van der Waals surface area contributed by atoms with E-state index in [1.165, 1.54) is 0 Å². The third-order valence-corrected chi connectivity index (χ3v) is 2.03. The molecule has 0 aromatic carbocycles. The Bertz CT molecular complexity index is 306. The van der Waals surface area contributed by atoms with Gasteiger partial charge in [0.25, 0.3) is 0 Å². The standard InChI is InChI=1S/C11H13N.2C2H6/c1-4-7-11-9-12(6-3)8-10(11)5-2;2*1-2/h1-2,6,8-9H2,3H3;2*1-2H3. The van der Waals surface area contributed by atoms with E-state index < -0.39 is 0 Å². The molecule has 0 radical (unpaired) electrons. The van der Waals surface area contributed by atoms with Gasteiger partial charge in [-0.2, -0.15) is 0 Å². The molecule has 0 saturated carbocycles. The van der Waals surface area contributed by atoms with E-state index in [0.29, 0.717) is 0 Å². The fourth-order valence-corrected chi connectivity index (χ4v) is 1.30. The van der Waals surface area contributed by atoms with Crippen LogP contribution in [0.3, 0.4) is 0 Å². The Morgan fingerprint density at radius 1 is 1.06 bits per heavy atom. The highest BCUT2D eigenvalue weighted by molar-refractivity contribution is 5.36. The van der Waals surface area contributed by atoms with Gasteiger partial charge in [-0.1, -0.05) is 52.7 Å². The zero-order valence-electron chi connectivity index (χ0n) is 11.5. The normalized spacial score (nSPS) is 13.6. The number of nitrogens with zero attached hydrogens (tertiary/aromatic N) is 1. The van der Waals surface area contributed by atoms with Crippen LogP contribution in [0.2, 0.25) is 0 Å². The molecule has 1 heteroatoms. The molecule has 16 heavy (non-hydrogen) atoms. The van der Waals surface area contributed by atoms with E-state index in [-0.39, 0.29) is 0 Å². The molecule has 0 atom stereocenters. The first kappa shape index (κ1) is 17.2. The van der Waals surface area contributed by atoms with Gasteiger partial charge in [-0.25, -0.2) is 0 Å². The van der Waals surface area contributed by atoms with E-state index in [9.17, 15) is 0 Å². The highest BCUT2D eigenvalue weighted by Gasteiger charge is 2.19. The van der Waals surface area contributed by atoms with Gasteiger partial charge in [-0.15, -0.1) is 5.73 Å². The van der Waals surface area contributed by atoms with Gasteiger partial charge in [0.2, 0.25) is 0 Å². The topological polar surface area (TPSA) is 3.24 Å². The van der Waals surface area contributed by atoms with Crippen LogP contribution in [-0.2, 0) is 0 Å². The van der Waals surface area contributed by atoms with Crippen LogP contribution in [0.1, 0.15) is 34.6 Å². The summed E-state index contributed by atoms with van der Waals surface area (Å²) in [4.78, 5) is 2.30. The van der Waals surface area contributed by atoms with E-state index in [1.807, 2.05) is 27.7 Å². The van der Waals surface area contributed by atoms with Crippen molar-refractivity contribution < 1.29 is 0 Å². The van der Waals surface area contributed by atoms with E-state index in [4.69, 9.17) is 0 Å². The van der Waals surface area contributed by atoms with E-state index in [2.05, 4.69) is 42.2 Å². The smallest absolute Gasteiger partial charge is 0.0326 e. The monoisotopic (exact) mass is 219 g/mol. The summed E-state index contributed by atoms with van der Waals surface area (Å²) in [5.74, 6) is 0. The van der Waals surface area contributed by atoms with Crippen molar-refractivity contribution in [3.8, 4) is 0 Å². The molecule has 0 amide bonds. The second-order valence-electron chi connectivity index (χ2n) is 2.74. The molecule has 0 N–H and O–H groups in total. The summed E-state index contributed by atoms with van der Waals surface area (Å²) < 4.78 is 0. The van der Waals surface area contributed by atoms with Crippen LogP contribution in [-0.4, -0.2) is 24.5 Å². The molecule has 1 nitrogen and oxygen atoms in total. The maximum atomic E-state index is 3.65. The third kappa shape index (κ3) is 5.61. The van der Waals surface area contributed by atoms with Gasteiger partial charge in [0.05, 0.1) is 0 Å². The number of hydrogen-bond donors (Lipinski definition) is 0. The van der Waals surface area contributed by atoms with Gasteiger partial charge in [0.15, 0.2) is 0 Å². The summed E-state index contributed by atoms with van der Waals surface area (Å²) in [6, 6.07) is 0. The summed E-state index contributed by atoms with van der Waals surface area (Å²) in [7, 11) is 0. The molecule has 1 saturated heterocycles. The van der Waals surface area contributed by atoms with Crippen LogP contribution >= 0.6 is 0 Å². The fraction of sp³-hybridized carbons (Fsp3) is 0.533. The molecule has 0 aromatic rings. The van der Waals surface area contributed by atoms with Crippen LogP contribution in [0.5, 0.6) is 0 Å². The average molecular weight is 219 g/mol. The molecular weight excluding hydrogens is 194 g/mol. The maximum absolute atomic E-state index is 3.65. The van der Waals surface area contributed by atoms with Gasteiger partial charge in [0.1, 0.15) is 0 Å². The Hall–Kier alpha value is -1.22. The molecule has 0 bridgehead atoms. The van der Waals surface area contributed by atoms with Crippen LogP contribution in [0.15, 0.2) is 41.5 Å². The molecule has 1 aliphatic heterocycles. The summed E-state index contributed by atoms with van der Waals surface area (Å²) in [6.45, 7) is 20.2. The van der Waals surface area contributed by atoms with Crippen molar-refractivity contribution in [3.05, 3.63) is 41.5 Å². The van der Waals surface area contributed by atoms with Crippen LogP contribution in [0.25, 0.3) is 0 Å². The molecule has 1 aliphatic rings. The first-order valence-electron chi connectivity index (χ1n) is 6.07. The van der Waals surface area contributed by atoms with Crippen LogP contribution < -0.4 is 0 Å². The lowest BCUT2D eigenvalue weighted by Crippen LogP contribution is -2.18. The molecule has 0 spiro atoms. The summed E-state index contributed by atoms with van der Waals surface area (Å²) in [5, 5.41) is 0. The minimum Gasteiger partial charge on any atom is -0.294 e. The minimum atomic E-state index is 0.927. The zero-order chi connectivity index (χ0) is 13.0. The van der Waals surface area contributed by atoms with Gasteiger partial charge >= 0.3 is 0 Å². The molecule has 1 heterocycles. The van der Waals surface area contributed by atoms with Gasteiger partial charge in [-0.3, -0.25) is 4.90 Å². The number of likely N-dealkylation sites (tertiary alicyclic amines) is 1. The van der Waals surface area contributed by atoms with Gasteiger partial charge in [-0.05, 0) is 13.1 Å². The first-order chi connectivity index (χ1) is 7.81. The Kier molecular flexibility index (Phi) is 12.7. The van der Waals surface area contributed by atoms with Gasteiger partial charge < -0.3 is 0 Å². The molecule has 0 aromatic heterocycles. The molecular formula is C15H25N. The lowest BCUT2D eigenvalue weighted by molar-refractivity contribution is 0.375. The molecule has 0 aliphatic carbocycles. The van der Waals surface area contributed by atoms with Crippen molar-refractivity contribution in [2.45, 2.75) is 34.6 Å². The Morgan fingerprint density at radius 2 is 1.56 bits per heavy atom. The highest BCUT2D eigenvalue weighted by atomic mass is 15.1. The van der Waals surface area contributed by atoms with Crippen molar-refractivity contribution in [1.29, 1.82) is 0 Å². The lowest BCUT2D eigenvalue weighted by atomic mass is 10.2. The van der Waals surface area contributed by atoms with Crippen LogP contribution in [0.4, 0.5) is 0 Å². The predicted octanol–water partition coefficient (Wildman–Crippen LogP) is 3.95. The van der Waals surface area contributed by atoms with E-state index in [1.54, 1.807) is 0 Å². The Balaban J connectivity index is 0. The summed E-state index contributed by atoms with van der Waals surface area (Å²) in [6.07, 6.45) is 0. The maximum Gasteiger partial charge on any atom is 0.0326 e. The van der Waals surface area contributed by atoms with Crippen molar-refractivity contribution >= 4 is 0 Å². The highest BCUT2D eigenvalue weighted by Crippen LogP contribution is 2.18. The lowest BCUT2D eigenvalue weighted by Gasteiger charge is -2.07. The quantitative estimate of drug-likeness (QED) is 0.604. The minimum absolute atomic E-state index is 0.927. The van der Waals surface area contributed by atoms with Crippen molar-refractivity contribution in [3.63, 3.8) is 0 Å². The second kappa shape index (κ2) is 11.9. The SMILES string of the molecule is C=C=C=C1CN(CC)CC1=C=C.CC.CC. The van der Waals surface area contributed by atoms with Crippen molar-refractivity contribution in [1.82, 2.24) is 4.90 Å². The van der Waals surface area contributed by atoms with Crippen LogP contribution in [0, 0.1) is 0 Å². The zero-order valence-corrected chi connectivity index (χ0v) is 11.5. The molecule has 0 unspecified atom stereocenters. The summed E-state index contributed by atoms with van der Waals surface area (Å²) >= 11 is 0. The van der Waals surface area contributed by atoms with Crippen molar-refractivity contribution in [2.24, 2.45) is 0 Å². The fourth-order valence-electron chi connectivity index (χ4n) is 1.30. The molecule has 90 valence electrons. The number of likely N-dealkylation sites (N-methyl/N-ethyl adjacent to an activating group) is 1. The molecule has 1 fully saturated rings. The van der Waals surface area contributed by atoms with Crippen molar-refractivity contribution in [2.75, 3.05) is 19.6 Å². The van der Waals surface area contributed by atoms with Gasteiger partial charge in [0, 0.05) is 24.2 Å². The number of rotatable bonds is 1.